The number of hydrogen-bond donors (Lipinski definition) is 2. The second-order valence-electron chi connectivity index (χ2n) is 5.21. The molecular formula is C14H20N2O4S. The maximum absolute atomic E-state index is 11.9. The molecule has 0 aliphatic carbocycles. The number of anilines is 1. The fourth-order valence-corrected chi connectivity index (χ4v) is 3.46. The Morgan fingerprint density at radius 2 is 1.90 bits per heavy atom. The van der Waals surface area contributed by atoms with E-state index in [1.807, 2.05) is 12.1 Å². The molecule has 1 heterocycles. The van der Waals surface area contributed by atoms with Crippen LogP contribution in [0, 0.1) is 0 Å². The summed E-state index contributed by atoms with van der Waals surface area (Å²) in [6, 6.07) is 7.25. The van der Waals surface area contributed by atoms with Gasteiger partial charge in [-0.3, -0.25) is 14.4 Å². The number of carboxylic acid groups (broad SMARTS) is 1. The first-order valence-electron chi connectivity index (χ1n) is 6.99. The number of aliphatic carboxylic acids is 1. The fraction of sp³-hybridized carbons (Fsp3) is 0.500. The van der Waals surface area contributed by atoms with Crippen LogP contribution >= 0.6 is 0 Å². The Labute approximate surface area is 124 Å². The lowest BCUT2D eigenvalue weighted by Crippen LogP contribution is -2.22. The van der Waals surface area contributed by atoms with Gasteiger partial charge >= 0.3 is 5.97 Å². The summed E-state index contributed by atoms with van der Waals surface area (Å²) in [6.45, 7) is 2.76. The van der Waals surface area contributed by atoms with Gasteiger partial charge in [-0.05, 0) is 37.6 Å². The van der Waals surface area contributed by atoms with E-state index in [-0.39, 0.29) is 0 Å². The fourth-order valence-electron chi connectivity index (χ4n) is 2.38. The van der Waals surface area contributed by atoms with E-state index in [2.05, 4.69) is 9.62 Å². The molecule has 0 amide bonds. The number of hydrogen-bond acceptors (Lipinski definition) is 4. The number of carbonyl (C=O) groups is 1. The Balaban J connectivity index is 2.06. The molecule has 1 aliphatic heterocycles. The second kappa shape index (κ2) is 6.91. The first kappa shape index (κ1) is 15.8. The number of nitrogens with zero attached hydrogens (tertiary/aromatic N) is 1. The Morgan fingerprint density at radius 1 is 1.24 bits per heavy atom. The van der Waals surface area contributed by atoms with Crippen LogP contribution < -0.4 is 4.72 Å². The summed E-state index contributed by atoms with van der Waals surface area (Å²) in [5, 5.41) is 8.59. The summed E-state index contributed by atoms with van der Waals surface area (Å²) in [5.41, 5.74) is 1.45. The molecule has 116 valence electrons. The molecule has 0 saturated carbocycles. The van der Waals surface area contributed by atoms with Crippen molar-refractivity contribution in [3.63, 3.8) is 0 Å². The first-order chi connectivity index (χ1) is 9.96. The van der Waals surface area contributed by atoms with Crippen molar-refractivity contribution in [1.29, 1.82) is 0 Å². The van der Waals surface area contributed by atoms with Crippen LogP contribution in [0.25, 0.3) is 0 Å². The van der Waals surface area contributed by atoms with E-state index in [9.17, 15) is 13.2 Å². The summed E-state index contributed by atoms with van der Waals surface area (Å²) in [5.74, 6) is -1.54. The molecular weight excluding hydrogens is 292 g/mol. The average molecular weight is 312 g/mol. The third-order valence-electron chi connectivity index (χ3n) is 3.46. The van der Waals surface area contributed by atoms with Crippen LogP contribution in [0.5, 0.6) is 0 Å². The lowest BCUT2D eigenvalue weighted by atomic mass is 10.2. The first-order valence-corrected chi connectivity index (χ1v) is 8.64. The van der Waals surface area contributed by atoms with Gasteiger partial charge in [-0.2, -0.15) is 0 Å². The van der Waals surface area contributed by atoms with Crippen molar-refractivity contribution in [1.82, 2.24) is 4.90 Å². The molecule has 0 atom stereocenters. The second-order valence-corrected chi connectivity index (χ2v) is 7.05. The normalized spacial score (nSPS) is 16.0. The van der Waals surface area contributed by atoms with Crippen molar-refractivity contribution >= 4 is 21.7 Å². The monoisotopic (exact) mass is 312 g/mol. The molecule has 0 spiro atoms. The van der Waals surface area contributed by atoms with Gasteiger partial charge in [0.1, 0.15) is 0 Å². The van der Waals surface area contributed by atoms with Gasteiger partial charge in [0.05, 0.1) is 17.9 Å². The van der Waals surface area contributed by atoms with Gasteiger partial charge in [0, 0.05) is 6.54 Å². The molecule has 1 saturated heterocycles. The minimum Gasteiger partial charge on any atom is -0.481 e. The van der Waals surface area contributed by atoms with E-state index >= 15 is 0 Å². The number of sulfonamides is 1. The van der Waals surface area contributed by atoms with Gasteiger partial charge in [-0.25, -0.2) is 8.42 Å². The number of nitrogens with one attached hydrogen (secondary N) is 1. The van der Waals surface area contributed by atoms with Crippen molar-refractivity contribution in [2.24, 2.45) is 0 Å². The molecule has 0 aromatic heterocycles. The molecule has 1 aromatic carbocycles. The quantitative estimate of drug-likeness (QED) is 0.797. The summed E-state index contributed by atoms with van der Waals surface area (Å²) in [4.78, 5) is 12.8. The highest BCUT2D eigenvalue weighted by atomic mass is 32.2. The van der Waals surface area contributed by atoms with Crippen molar-refractivity contribution in [2.75, 3.05) is 23.6 Å². The van der Waals surface area contributed by atoms with Gasteiger partial charge in [0.25, 0.3) is 0 Å². The number of para-hydroxylation sites is 1. The lowest BCUT2D eigenvalue weighted by molar-refractivity contribution is -0.136. The van der Waals surface area contributed by atoms with E-state index in [1.165, 1.54) is 12.8 Å². The van der Waals surface area contributed by atoms with Crippen molar-refractivity contribution < 1.29 is 18.3 Å². The van der Waals surface area contributed by atoms with Gasteiger partial charge in [0.2, 0.25) is 10.0 Å². The van der Waals surface area contributed by atoms with Crippen LogP contribution in [0.1, 0.15) is 24.8 Å². The molecule has 1 aliphatic rings. The Bertz CT molecular complexity index is 595. The summed E-state index contributed by atoms with van der Waals surface area (Å²) in [6.07, 6.45) is 1.95. The summed E-state index contributed by atoms with van der Waals surface area (Å²) < 4.78 is 26.3. The van der Waals surface area contributed by atoms with Crippen LogP contribution in [0.3, 0.4) is 0 Å². The third kappa shape index (κ3) is 5.02. The maximum Gasteiger partial charge on any atom is 0.304 e. The number of rotatable bonds is 7. The molecule has 7 heteroatoms. The van der Waals surface area contributed by atoms with Gasteiger partial charge in [-0.1, -0.05) is 18.2 Å². The number of benzene rings is 1. The number of likely N-dealkylation sites (tertiary alicyclic amines) is 1. The molecule has 1 aromatic rings. The lowest BCUT2D eigenvalue weighted by Gasteiger charge is -2.18. The molecule has 0 radical (unpaired) electrons. The topological polar surface area (TPSA) is 86.7 Å². The predicted octanol–water partition coefficient (Wildman–Crippen LogP) is 1.50. The van der Waals surface area contributed by atoms with Crippen LogP contribution in [-0.2, 0) is 21.4 Å². The largest absolute Gasteiger partial charge is 0.481 e. The Morgan fingerprint density at radius 3 is 2.57 bits per heavy atom. The number of carboxylic acids is 1. The van der Waals surface area contributed by atoms with Crippen molar-refractivity contribution in [2.45, 2.75) is 25.8 Å². The standard InChI is InChI=1S/C14H20N2O4S/c17-14(18)7-10-21(19,20)15-13-6-2-1-5-12(13)11-16-8-3-4-9-16/h1-2,5-6,15H,3-4,7-11H2,(H,17,18). The minimum atomic E-state index is -3.64. The highest BCUT2D eigenvalue weighted by Crippen LogP contribution is 2.21. The summed E-state index contributed by atoms with van der Waals surface area (Å²) >= 11 is 0. The average Bonchev–Trinajstić information content (AvgIpc) is 2.92. The highest BCUT2D eigenvalue weighted by Gasteiger charge is 2.17. The van der Waals surface area contributed by atoms with Gasteiger partial charge in [-0.15, -0.1) is 0 Å². The van der Waals surface area contributed by atoms with Gasteiger partial charge in [0.15, 0.2) is 0 Å². The van der Waals surface area contributed by atoms with Crippen molar-refractivity contribution in [3.05, 3.63) is 29.8 Å². The van der Waals surface area contributed by atoms with Gasteiger partial charge < -0.3 is 5.11 Å². The van der Waals surface area contributed by atoms with Crippen molar-refractivity contribution in [3.8, 4) is 0 Å². The smallest absolute Gasteiger partial charge is 0.304 e. The molecule has 2 N–H and O–H groups in total. The van der Waals surface area contributed by atoms with E-state index in [0.717, 1.165) is 18.7 Å². The zero-order valence-electron chi connectivity index (χ0n) is 11.8. The molecule has 2 rings (SSSR count). The van der Waals surface area contributed by atoms with Crippen LogP contribution in [0.15, 0.2) is 24.3 Å². The Hall–Kier alpha value is -1.60. The van der Waals surface area contributed by atoms with E-state index in [1.54, 1.807) is 12.1 Å². The minimum absolute atomic E-state index is 0.399. The predicted molar refractivity (Wildman–Crippen MR) is 80.6 cm³/mol. The highest BCUT2D eigenvalue weighted by molar-refractivity contribution is 7.92. The van der Waals surface area contributed by atoms with Crippen LogP contribution in [-0.4, -0.2) is 43.2 Å². The molecule has 0 bridgehead atoms. The van der Waals surface area contributed by atoms with E-state index in [0.29, 0.717) is 12.2 Å². The maximum atomic E-state index is 11.9. The van der Waals surface area contributed by atoms with E-state index in [4.69, 9.17) is 5.11 Å². The zero-order chi connectivity index (χ0) is 15.3. The van der Waals surface area contributed by atoms with Crippen LogP contribution in [0.4, 0.5) is 5.69 Å². The Kier molecular flexibility index (Phi) is 5.19. The molecule has 1 fully saturated rings. The third-order valence-corrected chi connectivity index (χ3v) is 4.73. The molecule has 0 unspecified atom stereocenters. The molecule has 6 nitrogen and oxygen atoms in total. The van der Waals surface area contributed by atoms with E-state index < -0.39 is 28.2 Å². The summed E-state index contributed by atoms with van der Waals surface area (Å²) in [7, 11) is -3.64. The molecule has 21 heavy (non-hydrogen) atoms. The zero-order valence-corrected chi connectivity index (χ0v) is 12.6. The van der Waals surface area contributed by atoms with Crippen LogP contribution in [0.2, 0.25) is 0 Å². The SMILES string of the molecule is O=C(O)CCS(=O)(=O)Nc1ccccc1CN1CCCC1.